The van der Waals surface area contributed by atoms with Crippen LogP contribution in [0.3, 0.4) is 0 Å². The summed E-state index contributed by atoms with van der Waals surface area (Å²) in [5.41, 5.74) is 2.02. The van der Waals surface area contributed by atoms with Gasteiger partial charge in [-0.05, 0) is 6.07 Å². The molecular weight excluding hydrogens is 264 g/mol. The second-order valence-electron chi connectivity index (χ2n) is 4.50. The summed E-state index contributed by atoms with van der Waals surface area (Å²) in [6.07, 6.45) is -1.58. The second kappa shape index (κ2) is 7.36. The number of hydrogen-bond acceptors (Lipinski definition) is 3. The lowest BCUT2D eigenvalue weighted by molar-refractivity contribution is 0.0187. The third-order valence-electron chi connectivity index (χ3n) is 3.07. The molecule has 0 fully saturated rings. The Morgan fingerprint density at radius 1 is 1.30 bits per heavy atom. The lowest BCUT2D eigenvalue weighted by Crippen LogP contribution is -2.21. The molecule has 0 aliphatic rings. The molecule has 5 heteroatoms. The SMILES string of the molecule is CCc1oc2ccccc2c1CNCCOCC(F)F. The minimum absolute atomic E-state index is 0.279. The highest BCUT2D eigenvalue weighted by molar-refractivity contribution is 5.82. The van der Waals surface area contributed by atoms with E-state index in [1.807, 2.05) is 31.2 Å². The van der Waals surface area contributed by atoms with Crippen LogP contribution >= 0.6 is 0 Å². The van der Waals surface area contributed by atoms with Crippen molar-refractivity contribution in [3.05, 3.63) is 35.6 Å². The van der Waals surface area contributed by atoms with Crippen molar-refractivity contribution in [1.29, 1.82) is 0 Å². The van der Waals surface area contributed by atoms with Gasteiger partial charge in [-0.2, -0.15) is 0 Å². The van der Waals surface area contributed by atoms with Gasteiger partial charge in [-0.1, -0.05) is 25.1 Å². The average molecular weight is 283 g/mol. The smallest absolute Gasteiger partial charge is 0.261 e. The van der Waals surface area contributed by atoms with E-state index in [0.29, 0.717) is 13.1 Å². The Bertz CT molecular complexity index is 540. The molecule has 0 radical (unpaired) electrons. The summed E-state index contributed by atoms with van der Waals surface area (Å²) < 4.78 is 34.4. The average Bonchev–Trinajstić information content (AvgIpc) is 2.80. The van der Waals surface area contributed by atoms with Gasteiger partial charge in [0.1, 0.15) is 18.0 Å². The molecule has 1 aromatic heterocycles. The van der Waals surface area contributed by atoms with E-state index in [1.165, 1.54) is 0 Å². The Morgan fingerprint density at radius 3 is 2.85 bits per heavy atom. The van der Waals surface area contributed by atoms with Crippen LogP contribution in [0, 0.1) is 0 Å². The van der Waals surface area contributed by atoms with Crippen LogP contribution in [0.15, 0.2) is 28.7 Å². The third kappa shape index (κ3) is 3.77. The third-order valence-corrected chi connectivity index (χ3v) is 3.07. The minimum Gasteiger partial charge on any atom is -0.461 e. The van der Waals surface area contributed by atoms with Crippen molar-refractivity contribution in [2.75, 3.05) is 19.8 Å². The van der Waals surface area contributed by atoms with Crippen molar-refractivity contribution in [3.63, 3.8) is 0 Å². The number of benzene rings is 1. The maximum absolute atomic E-state index is 11.9. The quantitative estimate of drug-likeness (QED) is 0.754. The van der Waals surface area contributed by atoms with Gasteiger partial charge < -0.3 is 14.5 Å². The zero-order chi connectivity index (χ0) is 14.4. The maximum Gasteiger partial charge on any atom is 0.261 e. The van der Waals surface area contributed by atoms with E-state index in [0.717, 1.165) is 28.7 Å². The normalized spacial score (nSPS) is 11.6. The number of alkyl halides is 2. The monoisotopic (exact) mass is 283 g/mol. The molecule has 1 aromatic carbocycles. The Kier molecular flexibility index (Phi) is 5.49. The molecule has 3 nitrogen and oxygen atoms in total. The van der Waals surface area contributed by atoms with Crippen LogP contribution < -0.4 is 5.32 Å². The van der Waals surface area contributed by atoms with Crippen molar-refractivity contribution in [3.8, 4) is 0 Å². The summed E-state index contributed by atoms with van der Waals surface area (Å²) in [5, 5.41) is 4.30. The fourth-order valence-corrected chi connectivity index (χ4v) is 2.16. The molecule has 0 aliphatic heterocycles. The molecule has 110 valence electrons. The lowest BCUT2D eigenvalue weighted by atomic mass is 10.1. The molecule has 0 saturated carbocycles. The van der Waals surface area contributed by atoms with Crippen LogP contribution in [-0.4, -0.2) is 26.2 Å². The zero-order valence-corrected chi connectivity index (χ0v) is 11.5. The summed E-state index contributed by atoms with van der Waals surface area (Å²) >= 11 is 0. The molecular formula is C15H19F2NO2. The molecule has 0 unspecified atom stereocenters. The van der Waals surface area contributed by atoms with Crippen molar-refractivity contribution < 1.29 is 17.9 Å². The molecule has 0 aliphatic carbocycles. The van der Waals surface area contributed by atoms with Gasteiger partial charge in [0.2, 0.25) is 0 Å². The van der Waals surface area contributed by atoms with Crippen molar-refractivity contribution >= 4 is 11.0 Å². The topological polar surface area (TPSA) is 34.4 Å². The summed E-state index contributed by atoms with van der Waals surface area (Å²) in [6, 6.07) is 7.90. The number of ether oxygens (including phenoxy) is 1. The first-order chi connectivity index (χ1) is 9.72. The zero-order valence-electron chi connectivity index (χ0n) is 11.5. The van der Waals surface area contributed by atoms with Crippen LogP contribution in [0.1, 0.15) is 18.2 Å². The van der Waals surface area contributed by atoms with E-state index in [2.05, 4.69) is 5.32 Å². The highest BCUT2D eigenvalue weighted by atomic mass is 19.3. The van der Waals surface area contributed by atoms with Crippen LogP contribution in [0.5, 0.6) is 0 Å². The van der Waals surface area contributed by atoms with E-state index < -0.39 is 13.0 Å². The van der Waals surface area contributed by atoms with E-state index in [4.69, 9.17) is 9.15 Å². The molecule has 2 rings (SSSR count). The highest BCUT2D eigenvalue weighted by Gasteiger charge is 2.11. The van der Waals surface area contributed by atoms with Gasteiger partial charge >= 0.3 is 0 Å². The molecule has 1 N–H and O–H groups in total. The molecule has 2 aromatic rings. The number of para-hydroxylation sites is 1. The van der Waals surface area contributed by atoms with Crippen LogP contribution in [-0.2, 0) is 17.7 Å². The van der Waals surface area contributed by atoms with Gasteiger partial charge in [0.25, 0.3) is 6.43 Å². The van der Waals surface area contributed by atoms with Crippen LogP contribution in [0.4, 0.5) is 8.78 Å². The Labute approximate surface area is 116 Å². The first kappa shape index (κ1) is 14.9. The summed E-state index contributed by atoms with van der Waals surface area (Å²) in [5.74, 6) is 0.965. The molecule has 0 spiro atoms. The van der Waals surface area contributed by atoms with Gasteiger partial charge in [-0.3, -0.25) is 0 Å². The van der Waals surface area contributed by atoms with Crippen molar-refractivity contribution in [1.82, 2.24) is 5.32 Å². The number of fused-ring (bicyclic) bond motifs is 1. The molecule has 0 bridgehead atoms. The van der Waals surface area contributed by atoms with Gasteiger partial charge in [-0.25, -0.2) is 8.78 Å². The Morgan fingerprint density at radius 2 is 2.10 bits per heavy atom. The predicted octanol–water partition coefficient (Wildman–Crippen LogP) is 3.37. The fourth-order valence-electron chi connectivity index (χ4n) is 2.16. The Balaban J connectivity index is 1.89. The summed E-state index contributed by atoms with van der Waals surface area (Å²) in [4.78, 5) is 0. The van der Waals surface area contributed by atoms with E-state index in [1.54, 1.807) is 0 Å². The highest BCUT2D eigenvalue weighted by Crippen LogP contribution is 2.25. The standard InChI is InChI=1S/C15H19F2NO2/c1-2-13-12(9-18-7-8-19-10-15(16)17)11-5-3-4-6-14(11)20-13/h3-6,15,18H,2,7-10H2,1H3. The maximum atomic E-state index is 11.9. The van der Waals surface area contributed by atoms with E-state index in [9.17, 15) is 8.78 Å². The van der Waals surface area contributed by atoms with Crippen molar-refractivity contribution in [2.24, 2.45) is 0 Å². The molecule has 0 amide bonds. The predicted molar refractivity (Wildman–Crippen MR) is 74.1 cm³/mol. The van der Waals surface area contributed by atoms with E-state index in [-0.39, 0.29) is 6.61 Å². The van der Waals surface area contributed by atoms with Crippen LogP contribution in [0.2, 0.25) is 0 Å². The number of rotatable bonds is 8. The summed E-state index contributed by atoms with van der Waals surface area (Å²) in [6.45, 7) is 3.01. The number of nitrogens with one attached hydrogen (secondary N) is 1. The van der Waals surface area contributed by atoms with Gasteiger partial charge in [-0.15, -0.1) is 0 Å². The molecule has 1 heterocycles. The number of hydrogen-bond donors (Lipinski definition) is 1. The largest absolute Gasteiger partial charge is 0.461 e. The number of halogens is 2. The Hall–Kier alpha value is -1.46. The second-order valence-corrected chi connectivity index (χ2v) is 4.50. The van der Waals surface area contributed by atoms with Crippen LogP contribution in [0.25, 0.3) is 11.0 Å². The molecule has 20 heavy (non-hydrogen) atoms. The van der Waals surface area contributed by atoms with E-state index >= 15 is 0 Å². The van der Waals surface area contributed by atoms with Gasteiger partial charge in [0, 0.05) is 30.5 Å². The van der Waals surface area contributed by atoms with Gasteiger partial charge in [0.05, 0.1) is 6.61 Å². The lowest BCUT2D eigenvalue weighted by Gasteiger charge is -2.06. The minimum atomic E-state index is -2.40. The number of furan rings is 1. The first-order valence-electron chi connectivity index (χ1n) is 6.78. The first-order valence-corrected chi connectivity index (χ1v) is 6.78. The summed E-state index contributed by atoms with van der Waals surface area (Å²) in [7, 11) is 0. The molecule has 0 saturated heterocycles. The number of aryl methyl sites for hydroxylation is 1. The van der Waals surface area contributed by atoms with Crippen molar-refractivity contribution in [2.45, 2.75) is 26.3 Å². The fraction of sp³-hybridized carbons (Fsp3) is 0.467. The van der Waals surface area contributed by atoms with Gasteiger partial charge in [0.15, 0.2) is 0 Å². The molecule has 0 atom stereocenters.